The summed E-state index contributed by atoms with van der Waals surface area (Å²) >= 11 is 0. The van der Waals surface area contributed by atoms with Gasteiger partial charge in [-0.15, -0.1) is 23.5 Å². The van der Waals surface area contributed by atoms with Gasteiger partial charge in [-0.1, -0.05) is 19.5 Å². The van der Waals surface area contributed by atoms with E-state index in [0.717, 1.165) is 43.7 Å². The van der Waals surface area contributed by atoms with E-state index in [1.165, 1.54) is 0 Å². The van der Waals surface area contributed by atoms with Crippen molar-refractivity contribution >= 4 is 0 Å². The fourth-order valence-electron chi connectivity index (χ4n) is 1.68. The van der Waals surface area contributed by atoms with Gasteiger partial charge in [0.05, 0.1) is 6.61 Å². The average Bonchev–Trinajstić information content (AvgIpc) is 2.38. The second-order valence-electron chi connectivity index (χ2n) is 3.99. The van der Waals surface area contributed by atoms with Gasteiger partial charge in [-0.3, -0.25) is 0 Å². The molecule has 0 bridgehead atoms. The molecule has 0 amide bonds. The summed E-state index contributed by atoms with van der Waals surface area (Å²) < 4.78 is 5.38. The molecule has 2 rings (SSSR count). The summed E-state index contributed by atoms with van der Waals surface area (Å²) in [5.74, 6) is 6.69. The molecule has 1 aromatic heterocycles. The second kappa shape index (κ2) is 7.98. The van der Waals surface area contributed by atoms with Crippen molar-refractivity contribution in [1.29, 1.82) is 0 Å². The van der Waals surface area contributed by atoms with Crippen molar-refractivity contribution in [3.8, 4) is 11.8 Å². The maximum Gasteiger partial charge on any atom is 0.0603 e. The van der Waals surface area contributed by atoms with Gasteiger partial charge in [0, 0.05) is 45.2 Å². The molecule has 0 spiro atoms. The molecule has 1 unspecified atom stereocenters. The van der Waals surface area contributed by atoms with Crippen LogP contribution in [0.25, 0.3) is 0 Å². The first-order valence-electron chi connectivity index (χ1n) is 5.84. The van der Waals surface area contributed by atoms with Crippen LogP contribution in [-0.2, 0) is 43.9 Å². The molecule has 1 aromatic rings. The van der Waals surface area contributed by atoms with E-state index < -0.39 is 0 Å². The van der Waals surface area contributed by atoms with Crippen LogP contribution in [0.3, 0.4) is 0 Å². The number of aromatic nitrogens is 1. The summed E-state index contributed by atoms with van der Waals surface area (Å²) in [6.07, 6.45) is 5.08. The summed E-state index contributed by atoms with van der Waals surface area (Å²) in [6.45, 7) is 3.75. The van der Waals surface area contributed by atoms with Crippen LogP contribution in [0.2, 0.25) is 0 Å². The van der Waals surface area contributed by atoms with E-state index in [1.54, 1.807) is 0 Å². The molecule has 1 atom stereocenters. The van der Waals surface area contributed by atoms with Crippen LogP contribution in [-0.4, -0.2) is 18.2 Å². The Morgan fingerprint density at radius 1 is 1.59 bits per heavy atom. The molecule has 1 saturated heterocycles. The minimum atomic E-state index is 0. The number of aryl methyl sites for hydroxylation is 1. The largest absolute Gasteiger partial charge is 0.380 e. The standard InChI is InChI=1S/C14H16NO.Y/c1-2-12-5-7-14(15-10-12)8-6-13-4-3-9-16-11-13;/h7,10,13H,2-4,9,11H2,1H3;/q-1;. The summed E-state index contributed by atoms with van der Waals surface area (Å²) in [6, 6.07) is 5.05. The number of pyridine rings is 1. The average molecular weight is 303 g/mol. The van der Waals surface area contributed by atoms with Gasteiger partial charge in [-0.25, -0.2) is 0 Å². The minimum absolute atomic E-state index is 0. The van der Waals surface area contributed by atoms with Gasteiger partial charge in [-0.2, -0.15) is 6.07 Å². The third kappa shape index (κ3) is 4.88. The van der Waals surface area contributed by atoms with Crippen molar-refractivity contribution in [3.05, 3.63) is 29.6 Å². The Morgan fingerprint density at radius 2 is 2.47 bits per heavy atom. The van der Waals surface area contributed by atoms with E-state index in [2.05, 4.69) is 29.8 Å². The zero-order chi connectivity index (χ0) is 11.2. The zero-order valence-corrected chi connectivity index (χ0v) is 13.0. The Balaban J connectivity index is 0.00000144. The van der Waals surface area contributed by atoms with Gasteiger partial charge < -0.3 is 9.72 Å². The molecule has 2 heterocycles. The number of nitrogens with zero attached hydrogens (tertiary/aromatic N) is 1. The maximum atomic E-state index is 5.38. The van der Waals surface area contributed by atoms with Crippen molar-refractivity contribution < 1.29 is 37.4 Å². The van der Waals surface area contributed by atoms with Gasteiger partial charge in [0.2, 0.25) is 0 Å². The number of rotatable bonds is 1. The topological polar surface area (TPSA) is 22.1 Å². The van der Waals surface area contributed by atoms with Crippen LogP contribution >= 0.6 is 0 Å². The summed E-state index contributed by atoms with van der Waals surface area (Å²) in [5.41, 5.74) is 1.94. The van der Waals surface area contributed by atoms with Crippen LogP contribution in [0.4, 0.5) is 0 Å². The quantitative estimate of drug-likeness (QED) is 0.586. The fourth-order valence-corrected chi connectivity index (χ4v) is 1.68. The van der Waals surface area contributed by atoms with Gasteiger partial charge in [-0.05, 0) is 18.5 Å². The summed E-state index contributed by atoms with van der Waals surface area (Å²) in [5, 5.41) is 0. The first-order valence-corrected chi connectivity index (χ1v) is 5.84. The van der Waals surface area contributed by atoms with E-state index in [-0.39, 0.29) is 32.7 Å². The number of hydrogen-bond donors (Lipinski definition) is 0. The first-order chi connectivity index (χ1) is 7.88. The molecule has 0 aromatic carbocycles. The van der Waals surface area contributed by atoms with Crippen molar-refractivity contribution in [2.75, 3.05) is 13.2 Å². The van der Waals surface area contributed by atoms with Crippen molar-refractivity contribution in [1.82, 2.24) is 4.98 Å². The molecule has 17 heavy (non-hydrogen) atoms. The van der Waals surface area contributed by atoms with Crippen LogP contribution in [0.5, 0.6) is 0 Å². The summed E-state index contributed by atoms with van der Waals surface area (Å²) in [7, 11) is 0. The third-order valence-electron chi connectivity index (χ3n) is 2.70. The van der Waals surface area contributed by atoms with Crippen LogP contribution in [0.15, 0.2) is 12.3 Å². The Morgan fingerprint density at radius 3 is 3.06 bits per heavy atom. The van der Waals surface area contributed by atoms with E-state index in [4.69, 9.17) is 4.74 Å². The molecule has 1 radical (unpaired) electrons. The van der Waals surface area contributed by atoms with Crippen molar-refractivity contribution in [3.63, 3.8) is 0 Å². The van der Waals surface area contributed by atoms with E-state index in [1.807, 2.05) is 12.3 Å². The Labute approximate surface area is 128 Å². The summed E-state index contributed by atoms with van der Waals surface area (Å²) in [4.78, 5) is 4.29. The second-order valence-corrected chi connectivity index (χ2v) is 3.99. The molecule has 1 aliphatic heterocycles. The van der Waals surface area contributed by atoms with E-state index in [9.17, 15) is 0 Å². The Bertz CT molecular complexity index is 385. The van der Waals surface area contributed by atoms with Crippen molar-refractivity contribution in [2.24, 2.45) is 5.92 Å². The molecule has 0 aliphatic carbocycles. The molecule has 0 saturated carbocycles. The molecular weight excluding hydrogens is 287 g/mol. The van der Waals surface area contributed by atoms with E-state index in [0.29, 0.717) is 5.92 Å². The van der Waals surface area contributed by atoms with Gasteiger partial charge >= 0.3 is 0 Å². The van der Waals surface area contributed by atoms with Crippen molar-refractivity contribution in [2.45, 2.75) is 26.2 Å². The third-order valence-corrected chi connectivity index (χ3v) is 2.70. The Hall–Kier alpha value is -0.226. The SMILES string of the molecule is CCc1[c-]cc(C#CC2CCCOC2)nc1.[Y]. The zero-order valence-electron chi connectivity index (χ0n) is 10.2. The van der Waals surface area contributed by atoms with Crippen LogP contribution in [0, 0.1) is 23.8 Å². The maximum absolute atomic E-state index is 5.38. The Kier molecular flexibility index (Phi) is 6.96. The number of ether oxygens (including phenoxy) is 1. The minimum Gasteiger partial charge on any atom is -0.380 e. The van der Waals surface area contributed by atoms with E-state index >= 15 is 0 Å². The molecular formula is C14H16NOY-. The van der Waals surface area contributed by atoms with Gasteiger partial charge in [0.1, 0.15) is 0 Å². The van der Waals surface area contributed by atoms with Crippen LogP contribution < -0.4 is 0 Å². The fraction of sp³-hybridized carbons (Fsp3) is 0.500. The smallest absolute Gasteiger partial charge is 0.0603 e. The first kappa shape index (κ1) is 14.8. The predicted octanol–water partition coefficient (Wildman–Crippen LogP) is 2.22. The number of hydrogen-bond acceptors (Lipinski definition) is 2. The molecule has 87 valence electrons. The molecule has 0 N–H and O–H groups in total. The van der Waals surface area contributed by atoms with Gasteiger partial charge in [0.25, 0.3) is 0 Å². The molecule has 3 heteroatoms. The monoisotopic (exact) mass is 303 g/mol. The predicted molar refractivity (Wildman–Crippen MR) is 62.9 cm³/mol. The normalized spacial score (nSPS) is 18.8. The van der Waals surface area contributed by atoms with Gasteiger partial charge in [0.15, 0.2) is 0 Å². The molecule has 1 fully saturated rings. The molecule has 1 aliphatic rings. The van der Waals surface area contributed by atoms with Crippen LogP contribution in [0.1, 0.15) is 31.0 Å². The molecule has 2 nitrogen and oxygen atoms in total.